The summed E-state index contributed by atoms with van der Waals surface area (Å²) in [4.78, 5) is 11.9. The Kier molecular flexibility index (Phi) is 1.80. The van der Waals surface area contributed by atoms with Crippen LogP contribution < -0.4 is 0 Å². The molecule has 70 valence electrons. The molecular weight excluding hydrogens is 234 g/mol. The number of hydrogen-bond donors (Lipinski definition) is 0. The molecule has 0 N–H and O–H groups in total. The first-order valence-corrected chi connectivity index (χ1v) is 4.94. The Morgan fingerprint density at radius 1 is 1.62 bits per heavy atom. The summed E-state index contributed by atoms with van der Waals surface area (Å²) in [5, 5.41) is 7.56. The van der Waals surface area contributed by atoms with E-state index >= 15 is 0 Å². The van der Waals surface area contributed by atoms with E-state index in [9.17, 15) is 4.79 Å². The number of rotatable bonds is 2. The Morgan fingerprint density at radius 3 is 2.62 bits per heavy atom. The summed E-state index contributed by atoms with van der Waals surface area (Å²) in [6.45, 7) is 1.98. The fraction of sp³-hybridized carbons (Fsp3) is 0.625. The summed E-state index contributed by atoms with van der Waals surface area (Å²) in [7, 11) is 1.73. The summed E-state index contributed by atoms with van der Waals surface area (Å²) >= 11 is 3.22. The number of carbonyl (C=O) groups excluding carboxylic acids is 1. The molecule has 5 heteroatoms. The largest absolute Gasteiger partial charge is 0.292 e. The van der Waals surface area contributed by atoms with Crippen molar-refractivity contribution in [2.45, 2.75) is 19.8 Å². The number of halogens is 1. The third-order valence-electron chi connectivity index (χ3n) is 2.55. The highest BCUT2D eigenvalue weighted by molar-refractivity contribution is 9.10. The summed E-state index contributed by atoms with van der Waals surface area (Å²) in [5.74, 6) is 0.145. The van der Waals surface area contributed by atoms with Crippen LogP contribution in [0.5, 0.6) is 0 Å². The molecule has 1 aliphatic carbocycles. The van der Waals surface area contributed by atoms with E-state index in [2.05, 4.69) is 26.2 Å². The first kappa shape index (κ1) is 8.87. The Balaban J connectivity index is 2.40. The molecule has 0 radical (unpaired) electrons. The smallest absolute Gasteiger partial charge is 0.189 e. The standard InChI is InChI=1S/C8H10BrN3O/c1-8(3-4-8)6(13)5-7(9)10-11-12(5)2/h3-4H2,1-2H3. The molecule has 1 aromatic rings. The molecule has 0 saturated heterocycles. The van der Waals surface area contributed by atoms with Crippen LogP contribution in [0.1, 0.15) is 30.3 Å². The lowest BCUT2D eigenvalue weighted by molar-refractivity contribution is 0.0902. The van der Waals surface area contributed by atoms with Crippen LogP contribution in [0.2, 0.25) is 0 Å². The Morgan fingerprint density at radius 2 is 2.23 bits per heavy atom. The fourth-order valence-electron chi connectivity index (χ4n) is 1.27. The maximum absolute atomic E-state index is 11.9. The molecule has 0 amide bonds. The number of nitrogens with zero attached hydrogens (tertiary/aromatic N) is 3. The van der Waals surface area contributed by atoms with Crippen LogP contribution in [0.4, 0.5) is 0 Å². The van der Waals surface area contributed by atoms with Crippen LogP contribution in [0.25, 0.3) is 0 Å². The van der Waals surface area contributed by atoms with Gasteiger partial charge in [-0.15, -0.1) is 5.10 Å². The van der Waals surface area contributed by atoms with Crippen molar-refractivity contribution in [2.75, 3.05) is 0 Å². The highest BCUT2D eigenvalue weighted by Crippen LogP contribution is 2.47. The van der Waals surface area contributed by atoms with E-state index in [1.165, 1.54) is 4.68 Å². The van der Waals surface area contributed by atoms with Gasteiger partial charge in [-0.25, -0.2) is 4.68 Å². The number of aromatic nitrogens is 3. The van der Waals surface area contributed by atoms with E-state index in [4.69, 9.17) is 0 Å². The van der Waals surface area contributed by atoms with Crippen molar-refractivity contribution in [1.82, 2.24) is 15.0 Å². The lowest BCUT2D eigenvalue weighted by Gasteiger charge is -2.06. The molecule has 1 heterocycles. The number of hydrogen-bond acceptors (Lipinski definition) is 3. The van der Waals surface area contributed by atoms with Crippen molar-refractivity contribution in [1.29, 1.82) is 0 Å². The minimum Gasteiger partial charge on any atom is -0.292 e. The molecule has 0 atom stereocenters. The van der Waals surface area contributed by atoms with E-state index in [1.54, 1.807) is 7.05 Å². The van der Waals surface area contributed by atoms with Gasteiger partial charge in [-0.05, 0) is 28.8 Å². The lowest BCUT2D eigenvalue weighted by Crippen LogP contribution is -2.16. The molecule has 0 aliphatic heterocycles. The Labute approximate surface area is 84.4 Å². The average Bonchev–Trinajstić information content (AvgIpc) is 2.73. The lowest BCUT2D eigenvalue weighted by atomic mass is 10.0. The van der Waals surface area contributed by atoms with Crippen LogP contribution in [-0.2, 0) is 7.05 Å². The van der Waals surface area contributed by atoms with Crippen LogP contribution in [0, 0.1) is 5.41 Å². The molecule has 4 nitrogen and oxygen atoms in total. The number of carbonyl (C=O) groups is 1. The van der Waals surface area contributed by atoms with E-state index < -0.39 is 0 Å². The van der Waals surface area contributed by atoms with Crippen molar-refractivity contribution in [3.8, 4) is 0 Å². The number of ketones is 1. The van der Waals surface area contributed by atoms with Crippen molar-refractivity contribution < 1.29 is 4.79 Å². The summed E-state index contributed by atoms with van der Waals surface area (Å²) in [5.41, 5.74) is 0.429. The molecule has 1 aliphatic rings. The van der Waals surface area contributed by atoms with E-state index in [0.717, 1.165) is 12.8 Å². The molecule has 0 spiro atoms. The van der Waals surface area contributed by atoms with E-state index in [0.29, 0.717) is 10.3 Å². The van der Waals surface area contributed by atoms with Gasteiger partial charge in [-0.2, -0.15) is 0 Å². The zero-order valence-electron chi connectivity index (χ0n) is 7.54. The van der Waals surface area contributed by atoms with Gasteiger partial charge in [0.25, 0.3) is 0 Å². The second-order valence-corrected chi connectivity index (χ2v) is 4.49. The predicted octanol–water partition coefficient (Wildman–Crippen LogP) is 1.56. The summed E-state index contributed by atoms with van der Waals surface area (Å²) in [6.07, 6.45) is 1.95. The quantitative estimate of drug-likeness (QED) is 0.741. The van der Waals surface area contributed by atoms with Crippen molar-refractivity contribution in [2.24, 2.45) is 12.5 Å². The predicted molar refractivity (Wildman–Crippen MR) is 50.4 cm³/mol. The molecule has 2 rings (SSSR count). The monoisotopic (exact) mass is 243 g/mol. The van der Waals surface area contributed by atoms with Gasteiger partial charge in [0.2, 0.25) is 0 Å². The van der Waals surface area contributed by atoms with E-state index in [-0.39, 0.29) is 11.2 Å². The maximum atomic E-state index is 11.9. The van der Waals surface area contributed by atoms with Crippen molar-refractivity contribution in [3.63, 3.8) is 0 Å². The molecule has 13 heavy (non-hydrogen) atoms. The zero-order chi connectivity index (χ0) is 9.64. The van der Waals surface area contributed by atoms with Gasteiger partial charge in [0.05, 0.1) is 0 Å². The second kappa shape index (κ2) is 2.64. The summed E-state index contributed by atoms with van der Waals surface area (Å²) < 4.78 is 2.07. The molecule has 0 bridgehead atoms. The highest BCUT2D eigenvalue weighted by atomic mass is 79.9. The average molecular weight is 244 g/mol. The first-order chi connectivity index (χ1) is 6.04. The number of aryl methyl sites for hydroxylation is 1. The number of Topliss-reactive ketones (excluding diaryl/α,β-unsaturated/α-hetero) is 1. The van der Waals surface area contributed by atoms with Crippen LogP contribution in [0.3, 0.4) is 0 Å². The Hall–Kier alpha value is -0.710. The minimum absolute atomic E-state index is 0.145. The normalized spacial score (nSPS) is 18.7. The summed E-state index contributed by atoms with van der Waals surface area (Å²) in [6, 6.07) is 0. The van der Waals surface area contributed by atoms with E-state index in [1.807, 2.05) is 6.92 Å². The molecular formula is C8H10BrN3O. The van der Waals surface area contributed by atoms with Gasteiger partial charge in [-0.3, -0.25) is 4.79 Å². The van der Waals surface area contributed by atoms with Gasteiger partial charge in [0.1, 0.15) is 5.69 Å². The molecule has 0 unspecified atom stereocenters. The third-order valence-corrected chi connectivity index (χ3v) is 3.08. The molecule has 1 aromatic heterocycles. The van der Waals surface area contributed by atoms with Gasteiger partial charge in [-0.1, -0.05) is 12.1 Å². The van der Waals surface area contributed by atoms with Gasteiger partial charge in [0, 0.05) is 12.5 Å². The Bertz CT molecular complexity index is 348. The van der Waals surface area contributed by atoms with Gasteiger partial charge < -0.3 is 0 Å². The van der Waals surface area contributed by atoms with Gasteiger partial charge in [0.15, 0.2) is 10.4 Å². The third kappa shape index (κ3) is 1.31. The molecule has 1 saturated carbocycles. The van der Waals surface area contributed by atoms with Gasteiger partial charge >= 0.3 is 0 Å². The van der Waals surface area contributed by atoms with Crippen molar-refractivity contribution in [3.05, 3.63) is 10.3 Å². The molecule has 1 fully saturated rings. The van der Waals surface area contributed by atoms with Crippen LogP contribution in [0.15, 0.2) is 4.60 Å². The van der Waals surface area contributed by atoms with Crippen molar-refractivity contribution >= 4 is 21.7 Å². The SMILES string of the molecule is Cn1nnc(Br)c1C(=O)C1(C)CC1. The zero-order valence-corrected chi connectivity index (χ0v) is 9.13. The maximum Gasteiger partial charge on any atom is 0.189 e. The molecule has 0 aromatic carbocycles. The first-order valence-electron chi connectivity index (χ1n) is 4.14. The fourth-order valence-corrected chi connectivity index (χ4v) is 1.78. The minimum atomic E-state index is -0.155. The topological polar surface area (TPSA) is 47.8 Å². The van der Waals surface area contributed by atoms with Crippen LogP contribution >= 0.6 is 15.9 Å². The van der Waals surface area contributed by atoms with Crippen LogP contribution in [-0.4, -0.2) is 20.8 Å². The highest BCUT2D eigenvalue weighted by Gasteiger charge is 2.46. The second-order valence-electron chi connectivity index (χ2n) is 3.74.